The Kier molecular flexibility index (Phi) is 6.96. The standard InChI is InChI=1S/C28H36N4O/c33-28(29-15-10-22-11-16-31(17-12-22)21-23-6-2-1-3-7-23)32-18-13-24(14-19-32)26-20-30-27-9-5-4-8-25(26)27/h1-9,20,22,24,30H,10-19,21H2,(H,29,33). The number of benzene rings is 2. The largest absolute Gasteiger partial charge is 0.361 e. The van der Waals surface area contributed by atoms with Gasteiger partial charge in [-0.15, -0.1) is 0 Å². The van der Waals surface area contributed by atoms with E-state index >= 15 is 0 Å². The number of hydrogen-bond acceptors (Lipinski definition) is 2. The Bertz CT molecular complexity index is 1030. The Hall–Kier alpha value is -2.79. The van der Waals surface area contributed by atoms with Crippen LogP contribution in [0.3, 0.4) is 0 Å². The number of H-pyrrole nitrogens is 1. The molecule has 3 heterocycles. The molecule has 0 radical (unpaired) electrons. The van der Waals surface area contributed by atoms with E-state index in [9.17, 15) is 4.79 Å². The van der Waals surface area contributed by atoms with Gasteiger partial charge in [0, 0.05) is 43.3 Å². The lowest BCUT2D eigenvalue weighted by Crippen LogP contribution is -2.44. The van der Waals surface area contributed by atoms with Crippen molar-refractivity contribution < 1.29 is 4.79 Å². The molecule has 3 aromatic rings. The van der Waals surface area contributed by atoms with Gasteiger partial charge in [-0.1, -0.05) is 48.5 Å². The number of amides is 2. The summed E-state index contributed by atoms with van der Waals surface area (Å²) >= 11 is 0. The summed E-state index contributed by atoms with van der Waals surface area (Å²) in [6.45, 7) is 5.86. The number of carbonyl (C=O) groups is 1. The molecule has 5 rings (SSSR count). The second-order valence-electron chi connectivity index (χ2n) is 9.78. The Morgan fingerprint density at radius 1 is 0.909 bits per heavy atom. The summed E-state index contributed by atoms with van der Waals surface area (Å²) in [5.74, 6) is 1.26. The highest BCUT2D eigenvalue weighted by atomic mass is 16.2. The zero-order valence-electron chi connectivity index (χ0n) is 19.5. The van der Waals surface area contributed by atoms with Gasteiger partial charge in [-0.3, -0.25) is 4.90 Å². The van der Waals surface area contributed by atoms with Crippen molar-refractivity contribution in [2.45, 2.75) is 44.6 Å². The molecule has 33 heavy (non-hydrogen) atoms. The molecule has 1 aromatic heterocycles. The predicted octanol–water partition coefficient (Wildman–Crippen LogP) is 5.36. The predicted molar refractivity (Wildman–Crippen MR) is 134 cm³/mol. The van der Waals surface area contributed by atoms with Crippen LogP contribution in [0.5, 0.6) is 0 Å². The summed E-state index contributed by atoms with van der Waals surface area (Å²) in [5, 5.41) is 4.53. The maximum absolute atomic E-state index is 12.7. The Morgan fingerprint density at radius 3 is 2.42 bits per heavy atom. The molecule has 0 saturated carbocycles. The number of fused-ring (bicyclic) bond motifs is 1. The molecular weight excluding hydrogens is 408 g/mol. The number of likely N-dealkylation sites (tertiary alicyclic amines) is 2. The lowest BCUT2D eigenvalue weighted by Gasteiger charge is -2.33. The molecule has 2 amide bonds. The second kappa shape index (κ2) is 10.4. The van der Waals surface area contributed by atoms with Gasteiger partial charge in [0.05, 0.1) is 0 Å². The van der Waals surface area contributed by atoms with Crippen molar-refractivity contribution in [1.29, 1.82) is 0 Å². The van der Waals surface area contributed by atoms with E-state index in [-0.39, 0.29) is 6.03 Å². The third-order valence-electron chi connectivity index (χ3n) is 7.63. The molecule has 0 bridgehead atoms. The van der Waals surface area contributed by atoms with Crippen LogP contribution < -0.4 is 5.32 Å². The number of nitrogens with zero attached hydrogens (tertiary/aromatic N) is 2. The van der Waals surface area contributed by atoms with E-state index in [1.807, 2.05) is 4.90 Å². The molecule has 174 valence electrons. The van der Waals surface area contributed by atoms with Crippen LogP contribution in [0.25, 0.3) is 10.9 Å². The SMILES string of the molecule is O=C(NCCC1CCN(Cc2ccccc2)CC1)N1CCC(c2c[nH]c3ccccc23)CC1. The number of carbonyl (C=O) groups excluding carboxylic acids is 1. The average molecular weight is 445 g/mol. The summed E-state index contributed by atoms with van der Waals surface area (Å²) in [5.41, 5.74) is 4.01. The van der Waals surface area contributed by atoms with Crippen molar-refractivity contribution in [2.24, 2.45) is 5.92 Å². The molecule has 2 aromatic carbocycles. The highest BCUT2D eigenvalue weighted by Gasteiger charge is 2.25. The average Bonchev–Trinajstić information content (AvgIpc) is 3.30. The fourth-order valence-electron chi connectivity index (χ4n) is 5.60. The van der Waals surface area contributed by atoms with Crippen LogP contribution in [0.4, 0.5) is 4.79 Å². The Balaban J connectivity index is 1.01. The maximum atomic E-state index is 12.7. The minimum atomic E-state index is 0.119. The molecule has 5 heteroatoms. The number of para-hydroxylation sites is 1. The maximum Gasteiger partial charge on any atom is 0.317 e. The quantitative estimate of drug-likeness (QED) is 0.538. The number of aromatic amines is 1. The summed E-state index contributed by atoms with van der Waals surface area (Å²) in [7, 11) is 0. The van der Waals surface area contributed by atoms with E-state index in [1.165, 1.54) is 34.9 Å². The van der Waals surface area contributed by atoms with E-state index in [0.717, 1.165) is 64.4 Å². The van der Waals surface area contributed by atoms with Crippen molar-refractivity contribution in [2.75, 3.05) is 32.7 Å². The van der Waals surface area contributed by atoms with Gasteiger partial charge in [0.1, 0.15) is 0 Å². The fourth-order valence-corrected chi connectivity index (χ4v) is 5.60. The minimum Gasteiger partial charge on any atom is -0.361 e. The highest BCUT2D eigenvalue weighted by Crippen LogP contribution is 2.33. The molecular formula is C28H36N4O. The third-order valence-corrected chi connectivity index (χ3v) is 7.63. The zero-order chi connectivity index (χ0) is 22.5. The first-order chi connectivity index (χ1) is 16.3. The fraction of sp³-hybridized carbons (Fsp3) is 0.464. The van der Waals surface area contributed by atoms with E-state index in [4.69, 9.17) is 0 Å². The number of rotatable bonds is 6. The van der Waals surface area contributed by atoms with Gasteiger partial charge < -0.3 is 15.2 Å². The topological polar surface area (TPSA) is 51.4 Å². The monoisotopic (exact) mass is 444 g/mol. The van der Waals surface area contributed by atoms with Gasteiger partial charge in [0.2, 0.25) is 0 Å². The van der Waals surface area contributed by atoms with Gasteiger partial charge in [0.15, 0.2) is 0 Å². The van der Waals surface area contributed by atoms with E-state index in [2.05, 4.69) is 76.0 Å². The molecule has 2 saturated heterocycles. The molecule has 2 aliphatic heterocycles. The highest BCUT2D eigenvalue weighted by molar-refractivity contribution is 5.83. The molecule has 5 nitrogen and oxygen atoms in total. The molecule has 2 N–H and O–H groups in total. The smallest absolute Gasteiger partial charge is 0.317 e. The molecule has 2 aliphatic rings. The van der Waals surface area contributed by atoms with E-state index in [1.54, 1.807) is 0 Å². The van der Waals surface area contributed by atoms with Crippen LogP contribution in [0.15, 0.2) is 60.8 Å². The van der Waals surface area contributed by atoms with E-state index in [0.29, 0.717) is 5.92 Å². The van der Waals surface area contributed by atoms with Crippen LogP contribution in [0.1, 0.15) is 49.1 Å². The number of aromatic nitrogens is 1. The van der Waals surface area contributed by atoms with Gasteiger partial charge in [-0.25, -0.2) is 4.79 Å². The van der Waals surface area contributed by atoms with Gasteiger partial charge in [-0.2, -0.15) is 0 Å². The third kappa shape index (κ3) is 5.41. The van der Waals surface area contributed by atoms with E-state index < -0.39 is 0 Å². The molecule has 0 unspecified atom stereocenters. The van der Waals surface area contributed by atoms with Crippen molar-refractivity contribution in [3.63, 3.8) is 0 Å². The number of piperidine rings is 2. The van der Waals surface area contributed by atoms with Crippen molar-refractivity contribution in [3.05, 3.63) is 71.9 Å². The van der Waals surface area contributed by atoms with Crippen molar-refractivity contribution >= 4 is 16.9 Å². The summed E-state index contributed by atoms with van der Waals surface area (Å²) in [6.07, 6.45) is 7.80. The van der Waals surface area contributed by atoms with Gasteiger partial charge >= 0.3 is 6.03 Å². The Labute approximate surface area is 197 Å². The van der Waals surface area contributed by atoms with Crippen molar-refractivity contribution in [3.8, 4) is 0 Å². The molecule has 0 aliphatic carbocycles. The second-order valence-corrected chi connectivity index (χ2v) is 9.78. The number of urea groups is 1. The Morgan fingerprint density at radius 2 is 1.64 bits per heavy atom. The first-order valence-electron chi connectivity index (χ1n) is 12.6. The molecule has 0 spiro atoms. The lowest BCUT2D eigenvalue weighted by atomic mass is 9.89. The van der Waals surface area contributed by atoms with Crippen LogP contribution >= 0.6 is 0 Å². The van der Waals surface area contributed by atoms with Gasteiger partial charge in [-0.05, 0) is 74.2 Å². The summed E-state index contributed by atoms with van der Waals surface area (Å²) in [4.78, 5) is 20.7. The minimum absolute atomic E-state index is 0.119. The molecule has 0 atom stereocenters. The van der Waals surface area contributed by atoms with Crippen LogP contribution in [-0.2, 0) is 6.54 Å². The lowest BCUT2D eigenvalue weighted by molar-refractivity contribution is 0.166. The number of hydrogen-bond donors (Lipinski definition) is 2. The normalized spacial score (nSPS) is 18.6. The van der Waals surface area contributed by atoms with Crippen LogP contribution in [-0.4, -0.2) is 53.5 Å². The first kappa shape index (κ1) is 22.0. The number of nitrogens with one attached hydrogen (secondary N) is 2. The molecule has 2 fully saturated rings. The van der Waals surface area contributed by atoms with Crippen LogP contribution in [0.2, 0.25) is 0 Å². The van der Waals surface area contributed by atoms with Crippen molar-refractivity contribution in [1.82, 2.24) is 20.1 Å². The first-order valence-corrected chi connectivity index (χ1v) is 12.6. The summed E-state index contributed by atoms with van der Waals surface area (Å²) in [6, 6.07) is 19.4. The zero-order valence-corrected chi connectivity index (χ0v) is 19.5. The van der Waals surface area contributed by atoms with Crippen LogP contribution in [0, 0.1) is 5.92 Å². The summed E-state index contributed by atoms with van der Waals surface area (Å²) < 4.78 is 0. The van der Waals surface area contributed by atoms with Gasteiger partial charge in [0.25, 0.3) is 0 Å².